The molecule has 1 aliphatic heterocycles. The van der Waals surface area contributed by atoms with Crippen molar-refractivity contribution < 1.29 is 9.59 Å². The van der Waals surface area contributed by atoms with Gasteiger partial charge in [0.1, 0.15) is 5.82 Å². The number of nitrogen functional groups attached to an aromatic ring is 1. The second kappa shape index (κ2) is 9.22. The Morgan fingerprint density at radius 3 is 2.64 bits per heavy atom. The van der Waals surface area contributed by atoms with E-state index >= 15 is 0 Å². The minimum absolute atomic E-state index is 0.0807. The number of hydrogen-bond donors (Lipinski definition) is 4. The Balaban J connectivity index is 1.64. The van der Waals surface area contributed by atoms with E-state index in [4.69, 9.17) is 5.73 Å². The van der Waals surface area contributed by atoms with Crippen LogP contribution in [-0.4, -0.2) is 47.1 Å². The number of likely N-dealkylation sites (tertiary alicyclic amines) is 1. The molecule has 1 aromatic rings. The van der Waals surface area contributed by atoms with Crippen molar-refractivity contribution >= 4 is 17.8 Å². The molecular weight excluding hydrogens is 320 g/mol. The summed E-state index contributed by atoms with van der Waals surface area (Å²) in [6, 6.07) is 3.95. The standard InChI is InChI=1S/C17H28N6O2/c1-12-4-3-5-13(2)23(12)10-16(24)21-11-22-17(25)20-9-14-6-7-19-15(18)8-14/h6-8,12-13H,3-5,9-11H2,1-2H3,(H2,18,19)(H,21,24)(H2,20,22,25). The first-order valence-corrected chi connectivity index (χ1v) is 8.70. The summed E-state index contributed by atoms with van der Waals surface area (Å²) in [5.74, 6) is 0.330. The van der Waals surface area contributed by atoms with Crippen molar-refractivity contribution in [2.75, 3.05) is 18.9 Å². The van der Waals surface area contributed by atoms with Crippen LogP contribution in [-0.2, 0) is 11.3 Å². The number of pyridine rings is 1. The number of rotatable bonds is 6. The summed E-state index contributed by atoms with van der Waals surface area (Å²) in [6.07, 6.45) is 5.05. The molecule has 1 fully saturated rings. The first-order chi connectivity index (χ1) is 12.0. The number of carbonyl (C=O) groups is 2. The summed E-state index contributed by atoms with van der Waals surface area (Å²) in [5, 5.41) is 8.04. The zero-order valence-corrected chi connectivity index (χ0v) is 14.9. The molecule has 8 nitrogen and oxygen atoms in total. The Kier molecular flexibility index (Phi) is 7.00. The lowest BCUT2D eigenvalue weighted by Gasteiger charge is -2.38. The molecule has 3 amide bonds. The van der Waals surface area contributed by atoms with Crippen molar-refractivity contribution in [2.24, 2.45) is 0 Å². The zero-order chi connectivity index (χ0) is 18.2. The predicted molar refractivity (Wildman–Crippen MR) is 96.5 cm³/mol. The van der Waals surface area contributed by atoms with E-state index in [1.165, 1.54) is 6.42 Å². The van der Waals surface area contributed by atoms with E-state index in [9.17, 15) is 9.59 Å². The fourth-order valence-electron chi connectivity index (χ4n) is 3.08. The topological polar surface area (TPSA) is 112 Å². The lowest BCUT2D eigenvalue weighted by Crippen LogP contribution is -2.50. The van der Waals surface area contributed by atoms with Gasteiger partial charge in [-0.15, -0.1) is 0 Å². The molecule has 5 N–H and O–H groups in total. The summed E-state index contributed by atoms with van der Waals surface area (Å²) in [5.41, 5.74) is 6.44. The molecule has 0 bridgehead atoms. The second-order valence-electron chi connectivity index (χ2n) is 6.53. The fraction of sp³-hybridized carbons (Fsp3) is 0.588. The SMILES string of the molecule is CC1CCCC(C)N1CC(=O)NCNC(=O)NCc1ccnc(N)c1. The van der Waals surface area contributed by atoms with E-state index in [2.05, 4.69) is 39.7 Å². The summed E-state index contributed by atoms with van der Waals surface area (Å²) in [6.45, 7) is 5.11. The third-order valence-electron chi connectivity index (χ3n) is 4.54. The van der Waals surface area contributed by atoms with Gasteiger partial charge in [-0.3, -0.25) is 9.69 Å². The third-order valence-corrected chi connectivity index (χ3v) is 4.54. The van der Waals surface area contributed by atoms with Crippen LogP contribution in [0, 0.1) is 0 Å². The molecule has 2 unspecified atom stereocenters. The van der Waals surface area contributed by atoms with Crippen LogP contribution in [0.1, 0.15) is 38.7 Å². The molecule has 2 rings (SSSR count). The molecule has 0 saturated carbocycles. The monoisotopic (exact) mass is 348 g/mol. The Labute approximate surface area is 148 Å². The molecule has 0 radical (unpaired) electrons. The molecule has 25 heavy (non-hydrogen) atoms. The van der Waals surface area contributed by atoms with Crippen molar-refractivity contribution in [1.29, 1.82) is 0 Å². The van der Waals surface area contributed by atoms with E-state index in [1.807, 2.05) is 0 Å². The molecule has 0 spiro atoms. The van der Waals surface area contributed by atoms with E-state index in [0.717, 1.165) is 18.4 Å². The van der Waals surface area contributed by atoms with Crippen LogP contribution >= 0.6 is 0 Å². The van der Waals surface area contributed by atoms with Gasteiger partial charge in [-0.2, -0.15) is 0 Å². The van der Waals surface area contributed by atoms with Crippen LogP contribution in [0.25, 0.3) is 0 Å². The highest BCUT2D eigenvalue weighted by molar-refractivity contribution is 5.79. The van der Waals surface area contributed by atoms with Crippen molar-refractivity contribution in [3.8, 4) is 0 Å². The molecule has 1 aromatic heterocycles. The highest BCUT2D eigenvalue weighted by Crippen LogP contribution is 2.21. The van der Waals surface area contributed by atoms with Gasteiger partial charge in [-0.25, -0.2) is 9.78 Å². The number of piperidine rings is 1. The second-order valence-corrected chi connectivity index (χ2v) is 6.53. The maximum atomic E-state index is 12.1. The van der Waals surface area contributed by atoms with Crippen molar-refractivity contribution in [1.82, 2.24) is 25.8 Å². The van der Waals surface area contributed by atoms with Gasteiger partial charge < -0.3 is 21.7 Å². The van der Waals surface area contributed by atoms with Crippen LogP contribution in [0.4, 0.5) is 10.6 Å². The number of nitrogens with zero attached hydrogens (tertiary/aromatic N) is 2. The minimum Gasteiger partial charge on any atom is -0.384 e. The Hall–Kier alpha value is -2.35. The molecule has 1 saturated heterocycles. The normalized spacial score (nSPS) is 20.7. The number of nitrogens with two attached hydrogens (primary N) is 1. The summed E-state index contributed by atoms with van der Waals surface area (Å²) in [4.78, 5) is 29.9. The van der Waals surface area contributed by atoms with Gasteiger partial charge in [0.2, 0.25) is 5.91 Å². The van der Waals surface area contributed by atoms with Gasteiger partial charge in [0.05, 0.1) is 13.2 Å². The number of hydrogen-bond acceptors (Lipinski definition) is 5. The Bertz CT molecular complexity index is 584. The summed E-state index contributed by atoms with van der Waals surface area (Å²) >= 11 is 0. The summed E-state index contributed by atoms with van der Waals surface area (Å²) in [7, 11) is 0. The number of amides is 3. The number of aromatic nitrogens is 1. The van der Waals surface area contributed by atoms with Gasteiger partial charge >= 0.3 is 6.03 Å². The van der Waals surface area contributed by atoms with Crippen molar-refractivity contribution in [3.63, 3.8) is 0 Å². The van der Waals surface area contributed by atoms with E-state index in [0.29, 0.717) is 31.0 Å². The predicted octanol–water partition coefficient (Wildman–Crippen LogP) is 0.800. The number of anilines is 1. The molecule has 8 heteroatoms. The van der Waals surface area contributed by atoms with E-state index in [1.54, 1.807) is 18.3 Å². The van der Waals surface area contributed by atoms with Crippen LogP contribution < -0.4 is 21.7 Å². The average molecular weight is 348 g/mol. The molecule has 0 aliphatic carbocycles. The van der Waals surface area contributed by atoms with Crippen LogP contribution in [0.5, 0.6) is 0 Å². The van der Waals surface area contributed by atoms with Crippen molar-refractivity contribution in [3.05, 3.63) is 23.9 Å². The van der Waals surface area contributed by atoms with Crippen LogP contribution in [0.2, 0.25) is 0 Å². The first kappa shape index (κ1) is 19.0. The quantitative estimate of drug-likeness (QED) is 0.568. The molecule has 2 heterocycles. The van der Waals surface area contributed by atoms with Gasteiger partial charge in [0.25, 0.3) is 0 Å². The summed E-state index contributed by atoms with van der Waals surface area (Å²) < 4.78 is 0. The Morgan fingerprint density at radius 1 is 1.24 bits per heavy atom. The minimum atomic E-state index is -0.351. The third kappa shape index (κ3) is 6.22. The van der Waals surface area contributed by atoms with Gasteiger partial charge in [0, 0.05) is 24.8 Å². The lowest BCUT2D eigenvalue weighted by molar-refractivity contribution is -0.123. The number of urea groups is 1. The Morgan fingerprint density at radius 2 is 1.96 bits per heavy atom. The fourth-order valence-corrected chi connectivity index (χ4v) is 3.08. The van der Waals surface area contributed by atoms with Gasteiger partial charge in [-0.1, -0.05) is 6.42 Å². The van der Waals surface area contributed by atoms with Gasteiger partial charge in [0.15, 0.2) is 0 Å². The maximum Gasteiger partial charge on any atom is 0.316 e. The number of nitrogens with one attached hydrogen (secondary N) is 3. The first-order valence-electron chi connectivity index (χ1n) is 8.70. The molecule has 0 aromatic carbocycles. The largest absolute Gasteiger partial charge is 0.384 e. The lowest BCUT2D eigenvalue weighted by atomic mass is 9.97. The molecule has 1 aliphatic rings. The van der Waals surface area contributed by atoms with E-state index < -0.39 is 0 Å². The molecular formula is C17H28N6O2. The number of carbonyl (C=O) groups excluding carboxylic acids is 2. The van der Waals surface area contributed by atoms with Crippen LogP contribution in [0.15, 0.2) is 18.3 Å². The highest BCUT2D eigenvalue weighted by Gasteiger charge is 2.26. The average Bonchev–Trinajstić information content (AvgIpc) is 2.56. The maximum absolute atomic E-state index is 12.1. The van der Waals surface area contributed by atoms with Crippen molar-refractivity contribution in [2.45, 2.75) is 51.7 Å². The smallest absolute Gasteiger partial charge is 0.316 e. The highest BCUT2D eigenvalue weighted by atomic mass is 16.2. The molecule has 2 atom stereocenters. The van der Waals surface area contributed by atoms with E-state index in [-0.39, 0.29) is 18.6 Å². The zero-order valence-electron chi connectivity index (χ0n) is 14.9. The molecule has 138 valence electrons. The van der Waals surface area contributed by atoms with Crippen LogP contribution in [0.3, 0.4) is 0 Å². The van der Waals surface area contributed by atoms with Gasteiger partial charge in [-0.05, 0) is 44.4 Å².